The van der Waals surface area contributed by atoms with Crippen LogP contribution in [0, 0.1) is 0 Å². The molecule has 0 saturated heterocycles. The minimum Gasteiger partial charge on any atom is -0.383 e. The topological polar surface area (TPSA) is 12.0 Å². The molecular weight excluding hydrogens is 146 g/mol. The average molecular weight is 163 g/mol. The Balaban J connectivity index is 2.46. The number of hydrogen-bond acceptors (Lipinski definition) is 1. The van der Waals surface area contributed by atoms with Gasteiger partial charge < -0.3 is 5.32 Å². The first-order valence-corrected chi connectivity index (χ1v) is 4.63. The second-order valence-electron chi connectivity index (χ2n) is 3.14. The lowest BCUT2D eigenvalue weighted by atomic mass is 10.2. The van der Waals surface area contributed by atoms with E-state index in [1.165, 1.54) is 12.1 Å². The Kier molecular flexibility index (Phi) is 3.65. The highest BCUT2D eigenvalue weighted by atomic mass is 14.9. The molecule has 1 atom stereocenters. The van der Waals surface area contributed by atoms with Gasteiger partial charge in [0.15, 0.2) is 0 Å². The van der Waals surface area contributed by atoms with Gasteiger partial charge in [0.2, 0.25) is 0 Å². The van der Waals surface area contributed by atoms with Gasteiger partial charge in [0.25, 0.3) is 0 Å². The summed E-state index contributed by atoms with van der Waals surface area (Å²) in [4.78, 5) is 0. The number of allylic oxidation sites excluding steroid dienone is 5. The van der Waals surface area contributed by atoms with Crippen LogP contribution in [0.2, 0.25) is 0 Å². The molecule has 1 nitrogen and oxygen atoms in total. The van der Waals surface area contributed by atoms with E-state index in [1.807, 2.05) is 0 Å². The lowest BCUT2D eigenvalue weighted by Gasteiger charge is -2.13. The predicted molar refractivity (Wildman–Crippen MR) is 53.9 cm³/mol. The summed E-state index contributed by atoms with van der Waals surface area (Å²) >= 11 is 0. The van der Waals surface area contributed by atoms with Gasteiger partial charge in [0.05, 0.1) is 0 Å². The van der Waals surface area contributed by atoms with Crippen LogP contribution in [-0.2, 0) is 0 Å². The summed E-state index contributed by atoms with van der Waals surface area (Å²) in [5.41, 5.74) is 1.24. The first-order valence-electron chi connectivity index (χ1n) is 4.63. The van der Waals surface area contributed by atoms with E-state index in [-0.39, 0.29) is 0 Å². The molecule has 0 aromatic carbocycles. The lowest BCUT2D eigenvalue weighted by molar-refractivity contribution is 0.603. The van der Waals surface area contributed by atoms with Crippen LogP contribution >= 0.6 is 0 Å². The van der Waals surface area contributed by atoms with Crippen molar-refractivity contribution in [2.24, 2.45) is 0 Å². The normalized spacial score (nSPS) is 18.3. The summed E-state index contributed by atoms with van der Waals surface area (Å²) in [6.45, 7) is 4.39. The van der Waals surface area contributed by atoms with E-state index >= 15 is 0 Å². The zero-order valence-electron chi connectivity index (χ0n) is 7.88. The van der Waals surface area contributed by atoms with Crippen LogP contribution in [0.1, 0.15) is 26.7 Å². The van der Waals surface area contributed by atoms with Crippen LogP contribution in [0.4, 0.5) is 0 Å². The Morgan fingerprint density at radius 2 is 2.33 bits per heavy atom. The van der Waals surface area contributed by atoms with Crippen molar-refractivity contribution >= 4 is 0 Å². The molecule has 1 aliphatic carbocycles. The molecule has 1 rings (SSSR count). The van der Waals surface area contributed by atoms with Gasteiger partial charge in [0.1, 0.15) is 0 Å². The van der Waals surface area contributed by atoms with E-state index in [1.54, 1.807) is 0 Å². The van der Waals surface area contributed by atoms with E-state index in [2.05, 4.69) is 49.5 Å². The Bertz CT molecular complexity index is 211. The van der Waals surface area contributed by atoms with Crippen molar-refractivity contribution < 1.29 is 0 Å². The second kappa shape index (κ2) is 4.81. The largest absolute Gasteiger partial charge is 0.383 e. The monoisotopic (exact) mass is 163 g/mol. The molecule has 0 amide bonds. The molecule has 0 aliphatic heterocycles. The summed E-state index contributed by atoms with van der Waals surface area (Å²) in [6.07, 6.45) is 12.9. The average Bonchev–Trinajstić information content (AvgIpc) is 2.33. The SMILES string of the molecule is CCC(C)NC1=CCC=CC=C1. The maximum Gasteiger partial charge on any atom is 0.0304 e. The predicted octanol–water partition coefficient (Wildman–Crippen LogP) is 2.77. The van der Waals surface area contributed by atoms with Gasteiger partial charge in [-0.3, -0.25) is 0 Å². The molecule has 0 aromatic heterocycles. The molecule has 12 heavy (non-hydrogen) atoms. The molecule has 0 fully saturated rings. The van der Waals surface area contributed by atoms with E-state index < -0.39 is 0 Å². The van der Waals surface area contributed by atoms with Crippen LogP contribution in [-0.4, -0.2) is 6.04 Å². The Morgan fingerprint density at radius 1 is 1.50 bits per heavy atom. The van der Waals surface area contributed by atoms with Crippen molar-refractivity contribution in [3.05, 3.63) is 36.1 Å². The quantitative estimate of drug-likeness (QED) is 0.674. The first-order chi connectivity index (χ1) is 5.83. The highest BCUT2D eigenvalue weighted by Gasteiger charge is 1.98. The number of hydrogen-bond donors (Lipinski definition) is 1. The molecule has 66 valence electrons. The van der Waals surface area contributed by atoms with E-state index in [0.717, 1.165) is 6.42 Å². The van der Waals surface area contributed by atoms with E-state index in [0.29, 0.717) is 6.04 Å². The molecule has 0 bridgehead atoms. The van der Waals surface area contributed by atoms with Crippen LogP contribution in [0.5, 0.6) is 0 Å². The zero-order chi connectivity index (χ0) is 8.81. The summed E-state index contributed by atoms with van der Waals surface area (Å²) in [5, 5.41) is 3.44. The summed E-state index contributed by atoms with van der Waals surface area (Å²) < 4.78 is 0. The van der Waals surface area contributed by atoms with Gasteiger partial charge in [-0.05, 0) is 25.8 Å². The molecule has 0 spiro atoms. The minimum absolute atomic E-state index is 0.569. The first kappa shape index (κ1) is 9.11. The molecule has 0 saturated carbocycles. The van der Waals surface area contributed by atoms with E-state index in [4.69, 9.17) is 0 Å². The fraction of sp³-hybridized carbons (Fsp3) is 0.455. The Hall–Kier alpha value is -0.980. The smallest absolute Gasteiger partial charge is 0.0304 e. The number of rotatable bonds is 3. The van der Waals surface area contributed by atoms with Gasteiger partial charge in [-0.25, -0.2) is 0 Å². The van der Waals surface area contributed by atoms with E-state index in [9.17, 15) is 0 Å². The van der Waals surface area contributed by atoms with Crippen LogP contribution in [0.3, 0.4) is 0 Å². The molecule has 1 heteroatoms. The third kappa shape index (κ3) is 2.95. The Labute approximate surface area is 74.9 Å². The minimum atomic E-state index is 0.569. The Morgan fingerprint density at radius 3 is 3.08 bits per heavy atom. The van der Waals surface area contributed by atoms with Crippen LogP contribution in [0.25, 0.3) is 0 Å². The number of nitrogens with one attached hydrogen (secondary N) is 1. The third-order valence-corrected chi connectivity index (χ3v) is 2.02. The standard InChI is InChI=1S/C11H17N/c1-3-10(2)12-11-8-6-4-5-7-9-11/h4-6,8-10,12H,3,7H2,1-2H3. The maximum atomic E-state index is 3.44. The van der Waals surface area contributed by atoms with Crippen molar-refractivity contribution in [2.75, 3.05) is 0 Å². The van der Waals surface area contributed by atoms with Crippen LogP contribution in [0.15, 0.2) is 36.1 Å². The van der Waals surface area contributed by atoms with Crippen molar-refractivity contribution in [3.8, 4) is 0 Å². The van der Waals surface area contributed by atoms with Gasteiger partial charge in [0, 0.05) is 11.7 Å². The summed E-state index contributed by atoms with van der Waals surface area (Å²) in [6, 6.07) is 0.569. The molecule has 1 aliphatic rings. The van der Waals surface area contributed by atoms with Crippen LogP contribution < -0.4 is 5.32 Å². The van der Waals surface area contributed by atoms with Crippen molar-refractivity contribution in [3.63, 3.8) is 0 Å². The van der Waals surface area contributed by atoms with Crippen molar-refractivity contribution in [1.29, 1.82) is 0 Å². The van der Waals surface area contributed by atoms with Crippen molar-refractivity contribution in [1.82, 2.24) is 5.32 Å². The highest BCUT2D eigenvalue weighted by Crippen LogP contribution is 2.03. The van der Waals surface area contributed by atoms with Gasteiger partial charge in [-0.1, -0.05) is 31.2 Å². The zero-order valence-corrected chi connectivity index (χ0v) is 7.88. The fourth-order valence-corrected chi connectivity index (χ4v) is 1.07. The molecule has 0 heterocycles. The molecular formula is C11H17N. The summed E-state index contributed by atoms with van der Waals surface area (Å²) in [7, 11) is 0. The van der Waals surface area contributed by atoms with Gasteiger partial charge in [-0.15, -0.1) is 0 Å². The molecule has 1 N–H and O–H groups in total. The van der Waals surface area contributed by atoms with Crippen molar-refractivity contribution in [2.45, 2.75) is 32.7 Å². The molecule has 0 radical (unpaired) electrons. The van der Waals surface area contributed by atoms with Gasteiger partial charge >= 0.3 is 0 Å². The molecule has 1 unspecified atom stereocenters. The van der Waals surface area contributed by atoms with Gasteiger partial charge in [-0.2, -0.15) is 0 Å². The lowest BCUT2D eigenvalue weighted by Crippen LogP contribution is -2.23. The molecule has 0 aromatic rings. The highest BCUT2D eigenvalue weighted by molar-refractivity contribution is 5.25. The summed E-state index contributed by atoms with van der Waals surface area (Å²) in [5.74, 6) is 0. The third-order valence-electron chi connectivity index (χ3n) is 2.02. The fourth-order valence-electron chi connectivity index (χ4n) is 1.07. The second-order valence-corrected chi connectivity index (χ2v) is 3.14. The maximum absolute atomic E-state index is 3.44.